The highest BCUT2D eigenvalue weighted by molar-refractivity contribution is 7.00. The summed E-state index contributed by atoms with van der Waals surface area (Å²) in [6, 6.07) is 0. The molecule has 0 aliphatic heterocycles. The first-order valence-corrected chi connectivity index (χ1v) is 13.8. The van der Waals surface area contributed by atoms with Crippen molar-refractivity contribution < 1.29 is 14.3 Å². The average Bonchev–Trinajstić information content (AvgIpc) is 2.46. The Kier molecular flexibility index (Phi) is 7.63. The number of hydrogen-bond donors (Lipinski definition) is 0. The van der Waals surface area contributed by atoms with E-state index in [0.29, 0.717) is 6.23 Å². The van der Waals surface area contributed by atoms with Gasteiger partial charge in [0.15, 0.2) is 0 Å². The van der Waals surface area contributed by atoms with Gasteiger partial charge in [-0.25, -0.2) is 4.79 Å². The van der Waals surface area contributed by atoms with Crippen molar-refractivity contribution in [1.82, 2.24) is 0 Å². The summed E-state index contributed by atoms with van der Waals surface area (Å²) >= 11 is 0. The molecular formula is C15H28O3Si3. The summed E-state index contributed by atoms with van der Waals surface area (Å²) in [7, 11) is -1.40. The maximum atomic E-state index is 11.2. The third-order valence-electron chi connectivity index (χ3n) is 4.39. The maximum absolute atomic E-state index is 11.2. The molecule has 0 heterocycles. The van der Waals surface area contributed by atoms with Crippen LogP contribution in [0.3, 0.4) is 0 Å². The highest BCUT2D eigenvalue weighted by atomic mass is 28.4. The first-order valence-electron chi connectivity index (χ1n) is 6.96. The molecule has 0 saturated carbocycles. The highest BCUT2D eigenvalue weighted by Crippen LogP contribution is 2.38. The van der Waals surface area contributed by atoms with E-state index in [1.807, 2.05) is 17.1 Å². The van der Waals surface area contributed by atoms with Gasteiger partial charge < -0.3 is 9.47 Å². The van der Waals surface area contributed by atoms with Crippen molar-refractivity contribution in [2.24, 2.45) is 0 Å². The smallest absolute Gasteiger partial charge is 0.438 e. The van der Waals surface area contributed by atoms with Crippen LogP contribution in [0.2, 0.25) is 23.4 Å². The largest absolute Gasteiger partial charge is 0.507 e. The second kappa shape index (κ2) is 7.95. The number of carbonyl (C=O) groups is 1. The minimum atomic E-state index is -1.76. The summed E-state index contributed by atoms with van der Waals surface area (Å²) in [6.45, 7) is 20.9. The Morgan fingerprint density at radius 1 is 1.19 bits per heavy atom. The molecule has 0 aliphatic carbocycles. The second-order valence-electron chi connectivity index (χ2n) is 6.33. The molecule has 0 rings (SSSR count). The van der Waals surface area contributed by atoms with Gasteiger partial charge in [0.1, 0.15) is 8.07 Å². The van der Waals surface area contributed by atoms with Crippen molar-refractivity contribution in [3.8, 4) is 0 Å². The summed E-state index contributed by atoms with van der Waals surface area (Å²) in [6.07, 6.45) is -0.119. The minimum absolute atomic E-state index is 0.161. The fourth-order valence-electron chi connectivity index (χ4n) is 1.56. The van der Waals surface area contributed by atoms with E-state index in [2.05, 4.69) is 51.4 Å². The molecule has 0 amide bonds. The van der Waals surface area contributed by atoms with Crippen molar-refractivity contribution in [1.29, 1.82) is 0 Å². The molecule has 0 aromatic rings. The van der Waals surface area contributed by atoms with E-state index in [9.17, 15) is 4.79 Å². The van der Waals surface area contributed by atoms with Crippen LogP contribution < -0.4 is 0 Å². The van der Waals surface area contributed by atoms with E-state index < -0.39 is 22.3 Å². The van der Waals surface area contributed by atoms with Crippen LogP contribution in [0.4, 0.5) is 4.79 Å². The molecule has 0 aliphatic rings. The van der Waals surface area contributed by atoms with Crippen molar-refractivity contribution >= 4 is 31.8 Å². The molecular weight excluding hydrogens is 312 g/mol. The Bertz CT molecular complexity index is 381. The van der Waals surface area contributed by atoms with Gasteiger partial charge in [0.2, 0.25) is 0 Å². The van der Waals surface area contributed by atoms with Gasteiger partial charge in [-0.3, -0.25) is 0 Å². The van der Waals surface area contributed by atoms with E-state index in [-0.39, 0.29) is 4.66 Å². The summed E-state index contributed by atoms with van der Waals surface area (Å²) in [5.41, 5.74) is 7.19. The van der Waals surface area contributed by atoms with Gasteiger partial charge in [-0.05, 0) is 4.66 Å². The third kappa shape index (κ3) is 5.44. The van der Waals surface area contributed by atoms with Crippen LogP contribution in [-0.4, -0.2) is 45.2 Å². The van der Waals surface area contributed by atoms with Gasteiger partial charge in [0.05, 0.1) is 21.4 Å². The second-order valence-corrected chi connectivity index (χ2v) is 18.6. The lowest BCUT2D eigenvalue weighted by atomic mass is 10.5. The molecule has 118 valence electrons. The van der Waals surface area contributed by atoms with Gasteiger partial charge in [-0.2, -0.15) is 0 Å². The first-order chi connectivity index (χ1) is 9.59. The highest BCUT2D eigenvalue weighted by Gasteiger charge is 2.42. The van der Waals surface area contributed by atoms with E-state index >= 15 is 0 Å². The van der Waals surface area contributed by atoms with Gasteiger partial charge in [0.25, 0.3) is 0 Å². The summed E-state index contributed by atoms with van der Waals surface area (Å²) in [4.78, 5) is 11.2. The molecule has 0 bridgehead atoms. The fourth-order valence-corrected chi connectivity index (χ4v) is 10.5. The van der Waals surface area contributed by atoms with Crippen LogP contribution in [-0.2, 0) is 9.47 Å². The van der Waals surface area contributed by atoms with Gasteiger partial charge in [0, 0.05) is 9.52 Å². The molecule has 0 unspecified atom stereocenters. The predicted octanol–water partition coefficient (Wildman–Crippen LogP) is 4.04. The Morgan fingerprint density at radius 3 is 2.05 bits per heavy atom. The van der Waals surface area contributed by atoms with E-state index in [1.54, 1.807) is 0 Å². The quantitative estimate of drug-likeness (QED) is 0.469. The Balaban J connectivity index is 4.86. The topological polar surface area (TPSA) is 35.5 Å². The van der Waals surface area contributed by atoms with Crippen LogP contribution in [0, 0.1) is 0 Å². The molecule has 0 aromatic heterocycles. The van der Waals surface area contributed by atoms with Crippen molar-refractivity contribution in [3.63, 3.8) is 0 Å². The van der Waals surface area contributed by atoms with Crippen LogP contribution in [0.15, 0.2) is 36.8 Å². The molecule has 6 heteroatoms. The van der Waals surface area contributed by atoms with Gasteiger partial charge in [-0.1, -0.05) is 49.7 Å². The first kappa shape index (κ1) is 20.1. The van der Waals surface area contributed by atoms with Crippen molar-refractivity contribution in [2.75, 3.05) is 13.3 Å². The molecule has 0 atom stereocenters. The molecule has 21 heavy (non-hydrogen) atoms. The Hall–Kier alpha value is -0.859. The van der Waals surface area contributed by atoms with E-state index in [4.69, 9.17) is 4.74 Å². The Labute approximate surface area is 134 Å². The lowest BCUT2D eigenvalue weighted by Gasteiger charge is -2.40. The zero-order chi connectivity index (χ0) is 16.7. The predicted molar refractivity (Wildman–Crippen MR) is 96.8 cm³/mol. The molecule has 0 fully saturated rings. The molecule has 2 radical (unpaired) electrons. The maximum Gasteiger partial charge on any atom is 0.507 e. The van der Waals surface area contributed by atoms with E-state index in [0.717, 1.165) is 15.2 Å². The normalized spacial score (nSPS) is 12.4. The molecule has 0 saturated heterocycles. The lowest BCUT2D eigenvalue weighted by Crippen LogP contribution is -2.49. The number of carbonyl (C=O) groups excluding carboxylic acids is 1. The molecule has 0 spiro atoms. The standard InChI is InChI=1S/C15H28O3Si3/c1-9-21(10-2,11-3)13-19-15(4,5)20(7,8)12-18-14(16)17-6/h9-11H,1-3,12-13H2,4-8H3. The van der Waals surface area contributed by atoms with Crippen molar-refractivity contribution in [2.45, 2.75) is 37.3 Å². The summed E-state index contributed by atoms with van der Waals surface area (Å²) in [5, 5.41) is 0. The third-order valence-corrected chi connectivity index (χ3v) is 17.5. The van der Waals surface area contributed by atoms with E-state index in [1.165, 1.54) is 7.11 Å². The SMILES string of the molecule is C=C[Si](C=C)(C=C)C[Si]C(C)(C)[Si](C)(C)COC(=O)OC. The van der Waals surface area contributed by atoms with Gasteiger partial charge in [-0.15, -0.1) is 19.7 Å². The number of rotatable bonds is 9. The summed E-state index contributed by atoms with van der Waals surface area (Å²) in [5.74, 6) is 0. The zero-order valence-corrected chi connectivity index (χ0v) is 17.0. The molecule has 3 nitrogen and oxygen atoms in total. The number of ether oxygens (including phenoxy) is 2. The zero-order valence-electron chi connectivity index (χ0n) is 14.0. The molecule has 0 aromatic carbocycles. The van der Waals surface area contributed by atoms with Crippen molar-refractivity contribution in [3.05, 3.63) is 36.8 Å². The minimum Gasteiger partial charge on any atom is -0.438 e. The summed E-state index contributed by atoms with van der Waals surface area (Å²) < 4.78 is 9.93. The monoisotopic (exact) mass is 340 g/mol. The lowest BCUT2D eigenvalue weighted by molar-refractivity contribution is 0.0846. The average molecular weight is 341 g/mol. The van der Waals surface area contributed by atoms with Crippen LogP contribution >= 0.6 is 0 Å². The molecule has 0 N–H and O–H groups in total. The number of hydrogen-bond acceptors (Lipinski definition) is 3. The van der Waals surface area contributed by atoms with Crippen LogP contribution in [0.1, 0.15) is 13.8 Å². The van der Waals surface area contributed by atoms with Crippen LogP contribution in [0.5, 0.6) is 0 Å². The Morgan fingerprint density at radius 2 is 1.67 bits per heavy atom. The fraction of sp³-hybridized carbons (Fsp3) is 0.533. The van der Waals surface area contributed by atoms with Crippen LogP contribution in [0.25, 0.3) is 0 Å². The van der Waals surface area contributed by atoms with Gasteiger partial charge >= 0.3 is 6.16 Å². The number of methoxy groups -OCH3 is 1.